The maximum atomic E-state index is 11.0. The van der Waals surface area contributed by atoms with Gasteiger partial charge in [0.2, 0.25) is 0 Å². The van der Waals surface area contributed by atoms with E-state index in [0.717, 1.165) is 19.3 Å². The molecule has 4 N–H and O–H groups in total. The van der Waals surface area contributed by atoms with E-state index in [4.69, 9.17) is 5.73 Å². The van der Waals surface area contributed by atoms with E-state index < -0.39 is 0 Å². The summed E-state index contributed by atoms with van der Waals surface area (Å²) in [6.45, 7) is 2.57. The summed E-state index contributed by atoms with van der Waals surface area (Å²) in [5.74, 6) is 0. The number of amides is 2. The van der Waals surface area contributed by atoms with Crippen molar-refractivity contribution in [2.75, 3.05) is 6.54 Å². The summed E-state index contributed by atoms with van der Waals surface area (Å²) in [5, 5.41) is 5.58. The molecular weight excluding hydrogens is 154 g/mol. The van der Waals surface area contributed by atoms with E-state index in [1.165, 1.54) is 0 Å². The van der Waals surface area contributed by atoms with E-state index in [0.29, 0.717) is 6.54 Å². The third-order valence-electron chi connectivity index (χ3n) is 2.15. The van der Waals surface area contributed by atoms with Crippen LogP contribution in [0.4, 0.5) is 4.79 Å². The Kier molecular flexibility index (Phi) is 3.34. The van der Waals surface area contributed by atoms with E-state index in [1.807, 2.05) is 6.92 Å². The molecule has 4 nitrogen and oxygen atoms in total. The van der Waals surface area contributed by atoms with Crippen molar-refractivity contribution in [3.63, 3.8) is 0 Å². The number of carbonyl (C=O) groups excluding carboxylic acids is 1. The monoisotopic (exact) mass is 171 g/mol. The molecule has 0 aromatic heterocycles. The third kappa shape index (κ3) is 2.70. The van der Waals surface area contributed by atoms with Crippen LogP contribution in [0.15, 0.2) is 0 Å². The maximum Gasteiger partial charge on any atom is 0.314 e. The summed E-state index contributed by atoms with van der Waals surface area (Å²) in [4.78, 5) is 11.0. The summed E-state index contributed by atoms with van der Waals surface area (Å²) in [5.41, 5.74) is 5.70. The van der Waals surface area contributed by atoms with Gasteiger partial charge in [-0.05, 0) is 26.2 Å². The Morgan fingerprint density at radius 3 is 2.83 bits per heavy atom. The second-order valence-corrected chi connectivity index (χ2v) is 3.27. The van der Waals surface area contributed by atoms with Crippen LogP contribution in [0.5, 0.6) is 0 Å². The SMILES string of the molecule is CCNC(=O)N[C@@H]1CC[C@H](N)C1. The molecule has 12 heavy (non-hydrogen) atoms. The first-order valence-corrected chi connectivity index (χ1v) is 4.52. The molecule has 0 heterocycles. The molecule has 0 aromatic carbocycles. The largest absolute Gasteiger partial charge is 0.338 e. The third-order valence-corrected chi connectivity index (χ3v) is 2.15. The molecule has 0 saturated heterocycles. The fourth-order valence-electron chi connectivity index (χ4n) is 1.54. The fraction of sp³-hybridized carbons (Fsp3) is 0.875. The zero-order valence-corrected chi connectivity index (χ0v) is 7.47. The lowest BCUT2D eigenvalue weighted by Crippen LogP contribution is -2.41. The van der Waals surface area contributed by atoms with Crippen molar-refractivity contribution in [1.82, 2.24) is 10.6 Å². The molecule has 0 bridgehead atoms. The zero-order chi connectivity index (χ0) is 8.97. The lowest BCUT2D eigenvalue weighted by atomic mass is 10.2. The van der Waals surface area contributed by atoms with Crippen LogP contribution in [-0.4, -0.2) is 24.7 Å². The summed E-state index contributed by atoms with van der Waals surface area (Å²) in [7, 11) is 0. The highest BCUT2D eigenvalue weighted by molar-refractivity contribution is 5.74. The molecule has 0 spiro atoms. The normalized spacial score (nSPS) is 28.5. The Morgan fingerprint density at radius 2 is 2.33 bits per heavy atom. The Bertz CT molecular complexity index is 160. The van der Waals surface area contributed by atoms with E-state index in [9.17, 15) is 4.79 Å². The first-order chi connectivity index (χ1) is 5.72. The lowest BCUT2D eigenvalue weighted by Gasteiger charge is -2.12. The van der Waals surface area contributed by atoms with E-state index in [-0.39, 0.29) is 18.1 Å². The molecule has 1 aliphatic carbocycles. The summed E-state index contributed by atoms with van der Waals surface area (Å²) in [6, 6.07) is 0.486. The van der Waals surface area contributed by atoms with Gasteiger partial charge in [-0.1, -0.05) is 0 Å². The van der Waals surface area contributed by atoms with Gasteiger partial charge in [-0.2, -0.15) is 0 Å². The van der Waals surface area contributed by atoms with Crippen molar-refractivity contribution in [3.05, 3.63) is 0 Å². The second-order valence-electron chi connectivity index (χ2n) is 3.27. The molecule has 1 fully saturated rings. The van der Waals surface area contributed by atoms with Crippen molar-refractivity contribution in [2.45, 2.75) is 38.3 Å². The minimum Gasteiger partial charge on any atom is -0.338 e. The van der Waals surface area contributed by atoms with Gasteiger partial charge in [-0.3, -0.25) is 0 Å². The van der Waals surface area contributed by atoms with Gasteiger partial charge in [0, 0.05) is 18.6 Å². The number of hydrogen-bond donors (Lipinski definition) is 3. The minimum absolute atomic E-state index is 0.0726. The van der Waals surface area contributed by atoms with Crippen LogP contribution >= 0.6 is 0 Å². The van der Waals surface area contributed by atoms with Crippen LogP contribution in [0.3, 0.4) is 0 Å². The fourth-order valence-corrected chi connectivity index (χ4v) is 1.54. The van der Waals surface area contributed by atoms with E-state index >= 15 is 0 Å². The van der Waals surface area contributed by atoms with Crippen molar-refractivity contribution in [3.8, 4) is 0 Å². The van der Waals surface area contributed by atoms with Crippen LogP contribution < -0.4 is 16.4 Å². The highest BCUT2D eigenvalue weighted by Gasteiger charge is 2.22. The molecule has 1 rings (SSSR count). The Hall–Kier alpha value is -0.770. The van der Waals surface area contributed by atoms with Gasteiger partial charge in [0.25, 0.3) is 0 Å². The summed E-state index contributed by atoms with van der Waals surface area (Å²) < 4.78 is 0. The molecule has 2 amide bonds. The molecule has 1 aliphatic rings. The van der Waals surface area contributed by atoms with Crippen LogP contribution in [0.25, 0.3) is 0 Å². The topological polar surface area (TPSA) is 67.2 Å². The Balaban J connectivity index is 2.18. The summed E-state index contributed by atoms with van der Waals surface area (Å²) in [6.07, 6.45) is 2.95. The number of urea groups is 1. The first-order valence-electron chi connectivity index (χ1n) is 4.52. The molecule has 2 atom stereocenters. The molecule has 0 unspecified atom stereocenters. The van der Waals surface area contributed by atoms with Gasteiger partial charge in [0.1, 0.15) is 0 Å². The number of hydrogen-bond acceptors (Lipinski definition) is 2. The Labute approximate surface area is 72.9 Å². The lowest BCUT2D eigenvalue weighted by molar-refractivity contribution is 0.237. The first kappa shape index (κ1) is 9.32. The number of nitrogens with two attached hydrogens (primary N) is 1. The van der Waals surface area contributed by atoms with Gasteiger partial charge >= 0.3 is 6.03 Å². The molecule has 4 heteroatoms. The van der Waals surface area contributed by atoms with Crippen LogP contribution in [0, 0.1) is 0 Å². The maximum absolute atomic E-state index is 11.0. The molecule has 1 saturated carbocycles. The highest BCUT2D eigenvalue weighted by atomic mass is 16.2. The number of nitrogens with one attached hydrogen (secondary N) is 2. The van der Waals surface area contributed by atoms with Gasteiger partial charge in [-0.25, -0.2) is 4.79 Å². The summed E-state index contributed by atoms with van der Waals surface area (Å²) >= 11 is 0. The van der Waals surface area contributed by atoms with Crippen LogP contribution in [0.1, 0.15) is 26.2 Å². The van der Waals surface area contributed by atoms with Crippen LogP contribution in [-0.2, 0) is 0 Å². The molecular formula is C8H17N3O. The Morgan fingerprint density at radius 1 is 1.58 bits per heavy atom. The van der Waals surface area contributed by atoms with Crippen molar-refractivity contribution in [2.24, 2.45) is 5.73 Å². The smallest absolute Gasteiger partial charge is 0.314 e. The predicted molar refractivity (Wildman–Crippen MR) is 47.8 cm³/mol. The van der Waals surface area contributed by atoms with Crippen molar-refractivity contribution in [1.29, 1.82) is 0 Å². The molecule has 0 aromatic rings. The van der Waals surface area contributed by atoms with Crippen molar-refractivity contribution < 1.29 is 4.79 Å². The highest BCUT2D eigenvalue weighted by Crippen LogP contribution is 2.16. The standard InChI is InChI=1S/C8H17N3O/c1-2-10-8(12)11-7-4-3-6(9)5-7/h6-7H,2-5,9H2,1H3,(H2,10,11,12)/t6-,7+/m0/s1. The van der Waals surface area contributed by atoms with Gasteiger partial charge in [0.15, 0.2) is 0 Å². The number of rotatable bonds is 2. The quantitative estimate of drug-likeness (QED) is 0.555. The number of carbonyl (C=O) groups is 1. The average Bonchev–Trinajstić information content (AvgIpc) is 2.36. The van der Waals surface area contributed by atoms with E-state index in [2.05, 4.69) is 10.6 Å². The zero-order valence-electron chi connectivity index (χ0n) is 7.47. The van der Waals surface area contributed by atoms with Gasteiger partial charge in [-0.15, -0.1) is 0 Å². The average molecular weight is 171 g/mol. The molecule has 70 valence electrons. The minimum atomic E-state index is -0.0726. The van der Waals surface area contributed by atoms with E-state index in [1.54, 1.807) is 0 Å². The second kappa shape index (κ2) is 4.30. The molecule has 0 radical (unpaired) electrons. The van der Waals surface area contributed by atoms with Gasteiger partial charge < -0.3 is 16.4 Å². The van der Waals surface area contributed by atoms with Crippen molar-refractivity contribution >= 4 is 6.03 Å². The van der Waals surface area contributed by atoms with Gasteiger partial charge in [0.05, 0.1) is 0 Å². The van der Waals surface area contributed by atoms with Crippen LogP contribution in [0.2, 0.25) is 0 Å². The predicted octanol–water partition coefficient (Wildman–Crippen LogP) is 0.185. The molecule has 0 aliphatic heterocycles.